The highest BCUT2D eigenvalue weighted by Crippen LogP contribution is 2.18. The molecule has 106 valence electrons. The van der Waals surface area contributed by atoms with Gasteiger partial charge < -0.3 is 10.2 Å². The van der Waals surface area contributed by atoms with Crippen LogP contribution in [0.15, 0.2) is 60.7 Å². The fraction of sp³-hybridized carbons (Fsp3) is 0.176. The lowest BCUT2D eigenvalue weighted by Gasteiger charge is -2.32. The molecule has 1 aliphatic heterocycles. The van der Waals surface area contributed by atoms with Crippen LogP contribution in [0, 0.1) is 0 Å². The molecule has 0 unspecified atom stereocenters. The molecular weight excluding hydrogens is 264 g/mol. The van der Waals surface area contributed by atoms with E-state index in [0.717, 1.165) is 11.3 Å². The van der Waals surface area contributed by atoms with E-state index < -0.39 is 11.8 Å². The Morgan fingerprint density at radius 3 is 2.24 bits per heavy atom. The molecule has 1 saturated heterocycles. The summed E-state index contributed by atoms with van der Waals surface area (Å²) in [6.45, 7) is 0.490. The Balaban J connectivity index is 1.79. The molecular formula is C17H16N2O2. The molecule has 4 nitrogen and oxygen atoms in total. The van der Waals surface area contributed by atoms with Crippen LogP contribution in [-0.4, -0.2) is 24.4 Å². The number of para-hydroxylation sites is 1. The second-order valence-electron chi connectivity index (χ2n) is 5.11. The summed E-state index contributed by atoms with van der Waals surface area (Å²) >= 11 is 0. The molecule has 0 spiro atoms. The topological polar surface area (TPSA) is 49.4 Å². The van der Waals surface area contributed by atoms with E-state index in [0.29, 0.717) is 13.0 Å². The number of nitrogens with one attached hydrogen (secondary N) is 1. The van der Waals surface area contributed by atoms with Crippen LogP contribution < -0.4 is 10.2 Å². The summed E-state index contributed by atoms with van der Waals surface area (Å²) in [5.74, 6) is -1.03. The highest BCUT2D eigenvalue weighted by atomic mass is 16.2. The van der Waals surface area contributed by atoms with Gasteiger partial charge in [0, 0.05) is 12.2 Å². The van der Waals surface area contributed by atoms with Gasteiger partial charge in [-0.2, -0.15) is 0 Å². The van der Waals surface area contributed by atoms with Crippen molar-refractivity contribution in [3.05, 3.63) is 66.2 Å². The Labute approximate surface area is 123 Å². The molecule has 2 aromatic carbocycles. The number of nitrogens with zero attached hydrogens (tertiary/aromatic N) is 1. The quantitative estimate of drug-likeness (QED) is 0.871. The molecule has 21 heavy (non-hydrogen) atoms. The van der Waals surface area contributed by atoms with Gasteiger partial charge in [0.25, 0.3) is 0 Å². The summed E-state index contributed by atoms with van der Waals surface area (Å²) < 4.78 is 0. The molecule has 0 aromatic heterocycles. The van der Waals surface area contributed by atoms with Crippen molar-refractivity contribution >= 4 is 17.5 Å². The maximum absolute atomic E-state index is 12.0. The first-order valence-corrected chi connectivity index (χ1v) is 6.95. The number of carbonyl (C=O) groups excluding carboxylic acids is 2. The Hall–Kier alpha value is -2.62. The number of amides is 2. The van der Waals surface area contributed by atoms with Gasteiger partial charge in [0.15, 0.2) is 0 Å². The number of anilines is 1. The summed E-state index contributed by atoms with van der Waals surface area (Å²) in [5.41, 5.74) is 1.90. The molecule has 3 rings (SSSR count). The Morgan fingerprint density at radius 2 is 1.57 bits per heavy atom. The Kier molecular flexibility index (Phi) is 3.69. The Bertz CT molecular complexity index is 640. The lowest BCUT2D eigenvalue weighted by molar-refractivity contribution is -0.139. The molecule has 1 N–H and O–H groups in total. The van der Waals surface area contributed by atoms with Crippen molar-refractivity contribution in [3.8, 4) is 0 Å². The third-order valence-electron chi connectivity index (χ3n) is 3.57. The Morgan fingerprint density at radius 1 is 0.952 bits per heavy atom. The van der Waals surface area contributed by atoms with Gasteiger partial charge in [-0.3, -0.25) is 9.59 Å². The minimum atomic E-state index is -0.536. The van der Waals surface area contributed by atoms with Gasteiger partial charge in [-0.15, -0.1) is 0 Å². The van der Waals surface area contributed by atoms with E-state index in [1.54, 1.807) is 4.90 Å². The van der Waals surface area contributed by atoms with Crippen molar-refractivity contribution in [2.45, 2.75) is 12.5 Å². The van der Waals surface area contributed by atoms with Crippen LogP contribution >= 0.6 is 0 Å². The number of rotatable bonds is 3. The molecule has 4 heteroatoms. The van der Waals surface area contributed by atoms with Crippen molar-refractivity contribution < 1.29 is 9.59 Å². The molecule has 0 saturated carbocycles. The first kappa shape index (κ1) is 13.4. The van der Waals surface area contributed by atoms with Crippen LogP contribution in [0.2, 0.25) is 0 Å². The maximum Gasteiger partial charge on any atom is 0.316 e. The second-order valence-corrected chi connectivity index (χ2v) is 5.11. The minimum Gasteiger partial charge on any atom is -0.343 e. The zero-order chi connectivity index (χ0) is 14.7. The van der Waals surface area contributed by atoms with E-state index >= 15 is 0 Å². The smallest absolute Gasteiger partial charge is 0.316 e. The first-order chi connectivity index (χ1) is 10.2. The van der Waals surface area contributed by atoms with Crippen molar-refractivity contribution in [1.82, 2.24) is 5.32 Å². The summed E-state index contributed by atoms with van der Waals surface area (Å²) in [5, 5.41) is 2.78. The fourth-order valence-corrected chi connectivity index (χ4v) is 2.56. The number of hydrogen-bond donors (Lipinski definition) is 1. The average Bonchev–Trinajstić information content (AvgIpc) is 2.52. The number of hydrogen-bond acceptors (Lipinski definition) is 2. The SMILES string of the molecule is O=C1N[C@@H](Cc2ccccc2)CN(c2ccccc2)C1=O. The molecule has 0 radical (unpaired) electrons. The molecule has 2 amide bonds. The third kappa shape index (κ3) is 2.94. The van der Waals surface area contributed by atoms with Crippen molar-refractivity contribution in [2.75, 3.05) is 11.4 Å². The van der Waals surface area contributed by atoms with Crippen molar-refractivity contribution in [3.63, 3.8) is 0 Å². The average molecular weight is 280 g/mol. The molecule has 1 atom stereocenters. The van der Waals surface area contributed by atoms with E-state index in [-0.39, 0.29) is 6.04 Å². The maximum atomic E-state index is 12.0. The second kappa shape index (κ2) is 5.79. The summed E-state index contributed by atoms with van der Waals surface area (Å²) in [4.78, 5) is 25.5. The van der Waals surface area contributed by atoms with E-state index in [2.05, 4.69) is 5.32 Å². The van der Waals surface area contributed by atoms with Crippen LogP contribution in [0.5, 0.6) is 0 Å². The zero-order valence-corrected chi connectivity index (χ0v) is 11.5. The zero-order valence-electron chi connectivity index (χ0n) is 11.5. The van der Waals surface area contributed by atoms with Crippen LogP contribution in [0.25, 0.3) is 0 Å². The molecule has 1 fully saturated rings. The van der Waals surface area contributed by atoms with Gasteiger partial charge in [0.1, 0.15) is 0 Å². The number of piperazine rings is 1. The largest absolute Gasteiger partial charge is 0.343 e. The van der Waals surface area contributed by atoms with Crippen molar-refractivity contribution in [1.29, 1.82) is 0 Å². The molecule has 1 aliphatic rings. The molecule has 2 aromatic rings. The van der Waals surface area contributed by atoms with Gasteiger partial charge in [0.2, 0.25) is 0 Å². The predicted octanol–water partition coefficient (Wildman–Crippen LogP) is 1.76. The first-order valence-electron chi connectivity index (χ1n) is 6.95. The van der Waals surface area contributed by atoms with Crippen LogP contribution in [0.4, 0.5) is 5.69 Å². The van der Waals surface area contributed by atoms with E-state index in [9.17, 15) is 9.59 Å². The predicted molar refractivity (Wildman–Crippen MR) is 80.9 cm³/mol. The molecule has 1 heterocycles. The minimum absolute atomic E-state index is 0.0715. The summed E-state index contributed by atoms with van der Waals surface area (Å²) in [6.07, 6.45) is 0.712. The highest BCUT2D eigenvalue weighted by molar-refractivity contribution is 6.41. The van der Waals surface area contributed by atoms with Gasteiger partial charge in [-0.05, 0) is 24.1 Å². The van der Waals surface area contributed by atoms with Crippen LogP contribution in [-0.2, 0) is 16.0 Å². The lowest BCUT2D eigenvalue weighted by Crippen LogP contribution is -2.58. The monoisotopic (exact) mass is 280 g/mol. The highest BCUT2D eigenvalue weighted by Gasteiger charge is 2.32. The van der Waals surface area contributed by atoms with Gasteiger partial charge in [-0.25, -0.2) is 0 Å². The molecule has 0 aliphatic carbocycles. The van der Waals surface area contributed by atoms with Crippen LogP contribution in [0.3, 0.4) is 0 Å². The van der Waals surface area contributed by atoms with E-state index in [4.69, 9.17) is 0 Å². The van der Waals surface area contributed by atoms with E-state index in [1.807, 2.05) is 60.7 Å². The normalized spacial score (nSPS) is 18.5. The number of benzene rings is 2. The van der Waals surface area contributed by atoms with Crippen LogP contribution in [0.1, 0.15) is 5.56 Å². The number of carbonyl (C=O) groups is 2. The summed E-state index contributed by atoms with van der Waals surface area (Å²) in [6, 6.07) is 19.2. The van der Waals surface area contributed by atoms with Gasteiger partial charge in [0.05, 0.1) is 6.04 Å². The van der Waals surface area contributed by atoms with Gasteiger partial charge >= 0.3 is 11.8 Å². The lowest BCUT2D eigenvalue weighted by atomic mass is 10.0. The molecule has 0 bridgehead atoms. The fourth-order valence-electron chi connectivity index (χ4n) is 2.56. The van der Waals surface area contributed by atoms with E-state index in [1.165, 1.54) is 0 Å². The summed E-state index contributed by atoms with van der Waals surface area (Å²) in [7, 11) is 0. The standard InChI is InChI=1S/C17H16N2O2/c20-16-17(21)19(15-9-5-2-6-10-15)12-14(18-16)11-13-7-3-1-4-8-13/h1-10,14H,11-12H2,(H,18,20)/t14-/m0/s1. The third-order valence-corrected chi connectivity index (χ3v) is 3.57. The van der Waals surface area contributed by atoms with Crippen molar-refractivity contribution in [2.24, 2.45) is 0 Å². The van der Waals surface area contributed by atoms with Gasteiger partial charge in [-0.1, -0.05) is 48.5 Å².